The second kappa shape index (κ2) is 8.85. The number of rotatable bonds is 7. The summed E-state index contributed by atoms with van der Waals surface area (Å²) in [5, 5.41) is 22.8. The molecule has 0 saturated heterocycles. The van der Waals surface area contributed by atoms with E-state index in [0.717, 1.165) is 22.0 Å². The van der Waals surface area contributed by atoms with Crippen LogP contribution in [0.15, 0.2) is 109 Å². The van der Waals surface area contributed by atoms with Gasteiger partial charge in [0.25, 0.3) is 0 Å². The van der Waals surface area contributed by atoms with Crippen molar-refractivity contribution in [3.05, 3.63) is 135 Å². The van der Waals surface area contributed by atoms with Gasteiger partial charge in [-0.2, -0.15) is 0 Å². The summed E-state index contributed by atoms with van der Waals surface area (Å²) in [5.41, 5.74) is -0.0844. The fourth-order valence-electron chi connectivity index (χ4n) is 4.24. The molecule has 0 aliphatic rings. The molecule has 0 heterocycles. The molecular weight excluding hydrogens is 503 g/mol. The summed E-state index contributed by atoms with van der Waals surface area (Å²) in [6.07, 6.45) is 0.326. The van der Waals surface area contributed by atoms with E-state index in [4.69, 9.17) is 0 Å². The first-order valence-electron chi connectivity index (χ1n) is 10.2. The van der Waals surface area contributed by atoms with E-state index >= 15 is 0 Å². The van der Waals surface area contributed by atoms with Gasteiger partial charge in [-0.1, -0.05) is 0 Å². The van der Waals surface area contributed by atoms with Crippen LogP contribution in [0.4, 0.5) is 11.4 Å². The van der Waals surface area contributed by atoms with Crippen LogP contribution in [0.5, 0.6) is 0 Å². The molecule has 0 unspecified atom stereocenters. The van der Waals surface area contributed by atoms with E-state index in [1.807, 2.05) is 91.0 Å². The standard InChI is InChI=1S/C25H20BrN2O4P/c26-33(23-10-4-1-5-11-23,24-12-6-2-7-13-24,25-14-8-3-9-15-25)19-20-16-21(27(29)30)18-22(17-20)28(31)32/h1-18H,19H2. The number of nitro groups is 2. The van der Waals surface area contributed by atoms with Crippen LogP contribution in [0.2, 0.25) is 0 Å². The Kier molecular flexibility index (Phi) is 6.11. The normalized spacial score (nSPS) is 12.5. The molecular formula is C25H20BrN2O4P. The summed E-state index contributed by atoms with van der Waals surface area (Å²) in [6.45, 7) is 0. The van der Waals surface area contributed by atoms with Gasteiger partial charge in [0.2, 0.25) is 0 Å². The van der Waals surface area contributed by atoms with Gasteiger partial charge in [-0.05, 0) is 0 Å². The molecule has 166 valence electrons. The first-order valence-corrected chi connectivity index (χ1v) is 14.6. The van der Waals surface area contributed by atoms with Crippen LogP contribution in [-0.4, -0.2) is 9.85 Å². The van der Waals surface area contributed by atoms with Crippen LogP contribution >= 0.6 is 20.8 Å². The molecule has 4 rings (SSSR count). The van der Waals surface area contributed by atoms with E-state index in [1.165, 1.54) is 12.1 Å². The predicted octanol–water partition coefficient (Wildman–Crippen LogP) is 5.84. The number of non-ortho nitro benzene ring substituents is 2. The third-order valence-electron chi connectivity index (χ3n) is 5.75. The SMILES string of the molecule is O=[N+]([O-])c1cc(CP(Br)(c2ccccc2)(c2ccccc2)c2ccccc2)cc([N+](=O)[O-])c1. The molecule has 0 aliphatic carbocycles. The van der Waals surface area contributed by atoms with E-state index in [0.29, 0.717) is 11.7 Å². The van der Waals surface area contributed by atoms with Crippen molar-refractivity contribution >= 4 is 48.1 Å². The number of nitro benzene ring substituents is 2. The van der Waals surface area contributed by atoms with Crippen LogP contribution in [0.1, 0.15) is 5.56 Å². The zero-order chi connectivity index (χ0) is 23.5. The number of nitrogens with zero attached hydrogens (tertiary/aromatic N) is 2. The molecule has 6 nitrogen and oxygen atoms in total. The Morgan fingerprint density at radius 1 is 0.606 bits per heavy atom. The van der Waals surface area contributed by atoms with Crippen LogP contribution in [0.25, 0.3) is 0 Å². The summed E-state index contributed by atoms with van der Waals surface area (Å²) in [5.74, 6) is 0. The van der Waals surface area contributed by atoms with E-state index in [9.17, 15) is 20.2 Å². The average molecular weight is 523 g/mol. The Morgan fingerprint density at radius 3 is 1.24 bits per heavy atom. The van der Waals surface area contributed by atoms with Crippen molar-refractivity contribution in [2.24, 2.45) is 0 Å². The number of hydrogen-bond acceptors (Lipinski definition) is 4. The Hall–Kier alpha value is -3.41. The van der Waals surface area contributed by atoms with Gasteiger partial charge < -0.3 is 0 Å². The molecule has 0 fully saturated rings. The van der Waals surface area contributed by atoms with Crippen molar-refractivity contribution in [1.82, 2.24) is 0 Å². The van der Waals surface area contributed by atoms with E-state index in [-0.39, 0.29) is 11.4 Å². The van der Waals surface area contributed by atoms with Gasteiger partial charge in [0.1, 0.15) is 0 Å². The second-order valence-corrected chi connectivity index (χ2v) is 16.6. The van der Waals surface area contributed by atoms with Crippen LogP contribution < -0.4 is 15.9 Å². The Bertz CT molecular complexity index is 1190. The van der Waals surface area contributed by atoms with Gasteiger partial charge in [-0.15, -0.1) is 0 Å². The molecule has 0 bridgehead atoms. The van der Waals surface area contributed by atoms with Crippen molar-refractivity contribution in [3.63, 3.8) is 0 Å². The topological polar surface area (TPSA) is 86.3 Å². The summed E-state index contributed by atoms with van der Waals surface area (Å²) in [4.78, 5) is 22.0. The Balaban J connectivity index is 2.09. The first kappa shape index (κ1) is 22.8. The fraction of sp³-hybridized carbons (Fsp3) is 0.0400. The van der Waals surface area contributed by atoms with Crippen molar-refractivity contribution in [1.29, 1.82) is 0 Å². The van der Waals surface area contributed by atoms with Gasteiger partial charge >= 0.3 is 199 Å². The van der Waals surface area contributed by atoms with E-state index in [1.54, 1.807) is 0 Å². The van der Waals surface area contributed by atoms with Crippen LogP contribution in [0.3, 0.4) is 0 Å². The molecule has 4 aromatic rings. The second-order valence-electron chi connectivity index (χ2n) is 7.72. The van der Waals surface area contributed by atoms with Crippen molar-refractivity contribution in [2.75, 3.05) is 0 Å². The van der Waals surface area contributed by atoms with Crippen molar-refractivity contribution in [3.8, 4) is 0 Å². The Labute approximate surface area is 198 Å². The van der Waals surface area contributed by atoms with E-state index < -0.39 is 15.2 Å². The van der Waals surface area contributed by atoms with Gasteiger partial charge in [-0.25, -0.2) is 0 Å². The third kappa shape index (κ3) is 4.06. The molecule has 0 saturated carbocycles. The molecule has 8 heteroatoms. The number of benzene rings is 4. The molecule has 0 amide bonds. The molecule has 0 spiro atoms. The van der Waals surface area contributed by atoms with Gasteiger partial charge in [0.15, 0.2) is 0 Å². The summed E-state index contributed by atoms with van der Waals surface area (Å²) >= 11 is 4.27. The molecule has 0 aliphatic heterocycles. The predicted molar refractivity (Wildman–Crippen MR) is 138 cm³/mol. The van der Waals surface area contributed by atoms with Gasteiger partial charge in [0.05, 0.1) is 0 Å². The number of hydrogen-bond donors (Lipinski definition) is 0. The summed E-state index contributed by atoms with van der Waals surface area (Å²) in [6, 6.07) is 33.7. The van der Waals surface area contributed by atoms with Crippen LogP contribution in [-0.2, 0) is 6.16 Å². The molecule has 0 aromatic heterocycles. The minimum absolute atomic E-state index is 0.300. The molecule has 4 aromatic carbocycles. The average Bonchev–Trinajstić information content (AvgIpc) is 2.85. The maximum absolute atomic E-state index is 11.6. The molecule has 33 heavy (non-hydrogen) atoms. The maximum atomic E-state index is 11.6. The minimum atomic E-state index is -3.43. The van der Waals surface area contributed by atoms with Gasteiger partial charge in [-0.3, -0.25) is 0 Å². The zero-order valence-corrected chi connectivity index (χ0v) is 19.9. The van der Waals surface area contributed by atoms with E-state index in [2.05, 4.69) is 15.5 Å². The third-order valence-corrected chi connectivity index (χ3v) is 15.3. The molecule has 0 radical (unpaired) electrons. The summed E-state index contributed by atoms with van der Waals surface area (Å²) < 4.78 is 0. The molecule has 0 N–H and O–H groups in total. The Morgan fingerprint density at radius 2 is 0.939 bits per heavy atom. The van der Waals surface area contributed by atoms with Crippen molar-refractivity contribution in [2.45, 2.75) is 6.16 Å². The van der Waals surface area contributed by atoms with Crippen molar-refractivity contribution < 1.29 is 9.85 Å². The quantitative estimate of drug-likeness (QED) is 0.173. The monoisotopic (exact) mass is 522 g/mol. The van der Waals surface area contributed by atoms with Crippen LogP contribution in [0, 0.1) is 20.2 Å². The zero-order valence-electron chi connectivity index (χ0n) is 17.5. The fourth-order valence-corrected chi connectivity index (χ4v) is 11.9. The first-order chi connectivity index (χ1) is 15.8. The molecule has 0 atom stereocenters. The summed E-state index contributed by atoms with van der Waals surface area (Å²) in [7, 11) is 0. The van der Waals surface area contributed by atoms with Gasteiger partial charge in [0, 0.05) is 0 Å². The number of halogens is 1.